The fourth-order valence-corrected chi connectivity index (χ4v) is 2.52. The number of aryl methyl sites for hydroxylation is 1. The van der Waals surface area contributed by atoms with Crippen molar-refractivity contribution in [2.45, 2.75) is 26.9 Å². The molecule has 0 fully saturated rings. The van der Waals surface area contributed by atoms with Crippen molar-refractivity contribution >= 4 is 22.5 Å². The van der Waals surface area contributed by atoms with Crippen LogP contribution in [0.4, 0.5) is 5.69 Å². The lowest BCUT2D eigenvalue weighted by molar-refractivity contribution is 0.102. The SMILES string of the molecule is Cc1ccc2cccc(NC(=O)c3cccc(OC(C)C)c3)c2n1. The average molecular weight is 320 g/mol. The van der Waals surface area contributed by atoms with Gasteiger partial charge >= 0.3 is 0 Å². The molecular weight excluding hydrogens is 300 g/mol. The van der Waals surface area contributed by atoms with Crippen LogP contribution in [-0.2, 0) is 0 Å². The normalized spacial score (nSPS) is 10.8. The molecule has 0 aliphatic heterocycles. The minimum Gasteiger partial charge on any atom is -0.491 e. The molecule has 0 atom stereocenters. The van der Waals surface area contributed by atoms with E-state index < -0.39 is 0 Å². The Morgan fingerprint density at radius 2 is 1.88 bits per heavy atom. The fourth-order valence-electron chi connectivity index (χ4n) is 2.52. The van der Waals surface area contributed by atoms with Crippen LogP contribution in [0.25, 0.3) is 10.9 Å². The number of aromatic nitrogens is 1. The molecule has 1 amide bonds. The fraction of sp³-hybridized carbons (Fsp3) is 0.200. The van der Waals surface area contributed by atoms with Crippen molar-refractivity contribution < 1.29 is 9.53 Å². The smallest absolute Gasteiger partial charge is 0.255 e. The Labute approximate surface area is 141 Å². The maximum absolute atomic E-state index is 12.6. The molecule has 122 valence electrons. The Kier molecular flexibility index (Phi) is 4.47. The van der Waals surface area contributed by atoms with E-state index in [-0.39, 0.29) is 12.0 Å². The number of nitrogens with zero attached hydrogens (tertiary/aromatic N) is 1. The Balaban J connectivity index is 1.89. The number of fused-ring (bicyclic) bond motifs is 1. The summed E-state index contributed by atoms with van der Waals surface area (Å²) in [5.74, 6) is 0.504. The maximum Gasteiger partial charge on any atom is 0.255 e. The number of anilines is 1. The molecule has 4 nitrogen and oxygen atoms in total. The molecule has 3 rings (SSSR count). The molecule has 3 aromatic rings. The molecule has 0 radical (unpaired) electrons. The number of amides is 1. The summed E-state index contributed by atoms with van der Waals surface area (Å²) in [7, 11) is 0. The quantitative estimate of drug-likeness (QED) is 0.765. The summed E-state index contributed by atoms with van der Waals surface area (Å²) >= 11 is 0. The van der Waals surface area contributed by atoms with Gasteiger partial charge in [-0.05, 0) is 51.1 Å². The zero-order chi connectivity index (χ0) is 17.1. The van der Waals surface area contributed by atoms with Gasteiger partial charge in [-0.3, -0.25) is 9.78 Å². The molecule has 1 aromatic heterocycles. The first-order valence-corrected chi connectivity index (χ1v) is 7.97. The number of nitrogens with one attached hydrogen (secondary N) is 1. The molecule has 4 heteroatoms. The molecule has 0 bridgehead atoms. The summed E-state index contributed by atoms with van der Waals surface area (Å²) in [6, 6.07) is 16.9. The van der Waals surface area contributed by atoms with Crippen molar-refractivity contribution in [3.63, 3.8) is 0 Å². The number of rotatable bonds is 4. The van der Waals surface area contributed by atoms with Crippen molar-refractivity contribution in [2.75, 3.05) is 5.32 Å². The van der Waals surface area contributed by atoms with E-state index >= 15 is 0 Å². The van der Waals surface area contributed by atoms with Crippen LogP contribution in [0.1, 0.15) is 29.9 Å². The van der Waals surface area contributed by atoms with Crippen LogP contribution in [0, 0.1) is 6.92 Å². The van der Waals surface area contributed by atoms with Crippen LogP contribution in [0.2, 0.25) is 0 Å². The van der Waals surface area contributed by atoms with Gasteiger partial charge in [0.15, 0.2) is 0 Å². The van der Waals surface area contributed by atoms with E-state index in [0.717, 1.165) is 16.6 Å². The third kappa shape index (κ3) is 3.54. The van der Waals surface area contributed by atoms with Crippen LogP contribution >= 0.6 is 0 Å². The Hall–Kier alpha value is -2.88. The lowest BCUT2D eigenvalue weighted by Gasteiger charge is -2.12. The first-order valence-electron chi connectivity index (χ1n) is 7.97. The van der Waals surface area contributed by atoms with Crippen molar-refractivity contribution in [1.29, 1.82) is 0 Å². The van der Waals surface area contributed by atoms with Gasteiger partial charge in [-0.25, -0.2) is 0 Å². The standard InChI is InChI=1S/C20H20N2O2/c1-13(2)24-17-8-4-7-16(12-17)20(23)22-18-9-5-6-15-11-10-14(3)21-19(15)18/h4-13H,1-3H3,(H,22,23). The summed E-state index contributed by atoms with van der Waals surface area (Å²) in [6.07, 6.45) is 0.0635. The predicted octanol–water partition coefficient (Wildman–Crippen LogP) is 4.58. The highest BCUT2D eigenvalue weighted by Gasteiger charge is 2.10. The summed E-state index contributed by atoms with van der Waals surface area (Å²) in [4.78, 5) is 17.1. The van der Waals surface area contributed by atoms with E-state index in [0.29, 0.717) is 17.0 Å². The molecule has 24 heavy (non-hydrogen) atoms. The van der Waals surface area contributed by atoms with Crippen molar-refractivity contribution in [2.24, 2.45) is 0 Å². The molecule has 0 aliphatic rings. The molecule has 1 N–H and O–H groups in total. The highest BCUT2D eigenvalue weighted by molar-refractivity contribution is 6.08. The first-order chi connectivity index (χ1) is 11.5. The minimum absolute atomic E-state index is 0.0635. The van der Waals surface area contributed by atoms with Crippen LogP contribution < -0.4 is 10.1 Å². The third-order valence-electron chi connectivity index (χ3n) is 3.58. The van der Waals surface area contributed by atoms with Crippen LogP contribution in [-0.4, -0.2) is 17.0 Å². The largest absolute Gasteiger partial charge is 0.491 e. The molecule has 2 aromatic carbocycles. The topological polar surface area (TPSA) is 51.2 Å². The number of hydrogen-bond donors (Lipinski definition) is 1. The molecule has 0 saturated carbocycles. The second kappa shape index (κ2) is 6.71. The Bertz CT molecular complexity index is 888. The highest BCUT2D eigenvalue weighted by atomic mass is 16.5. The van der Waals surface area contributed by atoms with E-state index in [1.807, 2.05) is 63.2 Å². The Morgan fingerprint density at radius 3 is 2.67 bits per heavy atom. The number of pyridine rings is 1. The van der Waals surface area contributed by atoms with Crippen LogP contribution in [0.15, 0.2) is 54.6 Å². The van der Waals surface area contributed by atoms with Crippen molar-refractivity contribution in [3.05, 3.63) is 65.9 Å². The van der Waals surface area contributed by atoms with Crippen LogP contribution in [0.5, 0.6) is 5.75 Å². The van der Waals surface area contributed by atoms with Gasteiger partial charge in [0, 0.05) is 16.6 Å². The van der Waals surface area contributed by atoms with Gasteiger partial charge < -0.3 is 10.1 Å². The number of ether oxygens (including phenoxy) is 1. The predicted molar refractivity (Wildman–Crippen MR) is 96.6 cm³/mol. The second-order valence-electron chi connectivity index (χ2n) is 5.98. The van der Waals surface area contributed by atoms with Gasteiger partial charge in [-0.2, -0.15) is 0 Å². The molecule has 0 unspecified atom stereocenters. The van der Waals surface area contributed by atoms with Gasteiger partial charge in [0.05, 0.1) is 17.3 Å². The maximum atomic E-state index is 12.6. The zero-order valence-electron chi connectivity index (χ0n) is 14.0. The molecular formula is C20H20N2O2. The van der Waals surface area contributed by atoms with Crippen LogP contribution in [0.3, 0.4) is 0 Å². The number of para-hydroxylation sites is 1. The van der Waals surface area contributed by atoms with E-state index in [9.17, 15) is 4.79 Å². The zero-order valence-corrected chi connectivity index (χ0v) is 14.0. The highest BCUT2D eigenvalue weighted by Crippen LogP contribution is 2.23. The van der Waals surface area contributed by atoms with Crippen molar-refractivity contribution in [3.8, 4) is 5.75 Å². The average Bonchev–Trinajstić information content (AvgIpc) is 2.55. The number of carbonyl (C=O) groups is 1. The summed E-state index contributed by atoms with van der Waals surface area (Å²) in [6.45, 7) is 5.85. The second-order valence-corrected chi connectivity index (χ2v) is 5.98. The third-order valence-corrected chi connectivity index (χ3v) is 3.58. The molecule has 0 saturated heterocycles. The lowest BCUT2D eigenvalue weighted by Crippen LogP contribution is -2.13. The molecule has 1 heterocycles. The first kappa shape index (κ1) is 16.0. The van der Waals surface area contributed by atoms with Gasteiger partial charge in [0.1, 0.15) is 5.75 Å². The number of benzene rings is 2. The summed E-state index contributed by atoms with van der Waals surface area (Å²) < 4.78 is 5.65. The van der Waals surface area contributed by atoms with Crippen molar-refractivity contribution in [1.82, 2.24) is 4.98 Å². The van der Waals surface area contributed by atoms with Gasteiger partial charge in [-0.15, -0.1) is 0 Å². The molecule has 0 spiro atoms. The van der Waals surface area contributed by atoms with E-state index in [2.05, 4.69) is 10.3 Å². The lowest BCUT2D eigenvalue weighted by atomic mass is 10.1. The monoisotopic (exact) mass is 320 g/mol. The summed E-state index contributed by atoms with van der Waals surface area (Å²) in [5.41, 5.74) is 2.96. The van der Waals surface area contributed by atoms with E-state index in [1.54, 1.807) is 12.1 Å². The van der Waals surface area contributed by atoms with E-state index in [4.69, 9.17) is 4.74 Å². The molecule has 0 aliphatic carbocycles. The Morgan fingerprint density at radius 1 is 1.08 bits per heavy atom. The van der Waals surface area contributed by atoms with Gasteiger partial charge in [0.25, 0.3) is 5.91 Å². The van der Waals surface area contributed by atoms with E-state index in [1.165, 1.54) is 0 Å². The minimum atomic E-state index is -0.181. The van der Waals surface area contributed by atoms with Gasteiger partial charge in [-0.1, -0.05) is 24.3 Å². The number of hydrogen-bond acceptors (Lipinski definition) is 3. The summed E-state index contributed by atoms with van der Waals surface area (Å²) in [5, 5.41) is 3.95. The van der Waals surface area contributed by atoms with Gasteiger partial charge in [0.2, 0.25) is 0 Å². The number of carbonyl (C=O) groups excluding carboxylic acids is 1.